The molecule has 0 N–H and O–H groups in total. The molecule has 0 radical (unpaired) electrons. The van der Waals surface area contributed by atoms with Crippen molar-refractivity contribution in [1.82, 2.24) is 9.80 Å². The van der Waals surface area contributed by atoms with Crippen LogP contribution in [0.15, 0.2) is 30.3 Å². The highest BCUT2D eigenvalue weighted by molar-refractivity contribution is 5.93. The summed E-state index contributed by atoms with van der Waals surface area (Å²) in [4.78, 5) is 40.2. The largest absolute Gasteiger partial charge is 0.471 e. The number of hydrogen-bond acceptors (Lipinski definition) is 4. The lowest BCUT2D eigenvalue weighted by atomic mass is 9.99. The van der Waals surface area contributed by atoms with Gasteiger partial charge in [-0.05, 0) is 31.2 Å². The Labute approximate surface area is 180 Å². The number of ether oxygens (including phenoxy) is 1. The number of nitrogens with zero attached hydrogens (tertiary/aromatic N) is 2. The molecule has 0 aliphatic carbocycles. The van der Waals surface area contributed by atoms with E-state index in [0.717, 1.165) is 0 Å². The zero-order valence-corrected chi connectivity index (χ0v) is 18.2. The van der Waals surface area contributed by atoms with Crippen molar-refractivity contribution < 1.29 is 32.3 Å². The second-order valence-corrected chi connectivity index (χ2v) is 8.25. The van der Waals surface area contributed by atoms with Crippen LogP contribution < -0.4 is 0 Å². The quantitative estimate of drug-likeness (QED) is 0.635. The van der Waals surface area contributed by atoms with Crippen molar-refractivity contribution in [3.05, 3.63) is 35.9 Å². The molecule has 1 heterocycles. The molecular weight excluding hydrogens is 413 g/mol. The fourth-order valence-electron chi connectivity index (χ4n) is 3.95. The third kappa shape index (κ3) is 5.98. The zero-order valence-electron chi connectivity index (χ0n) is 18.2. The van der Waals surface area contributed by atoms with Crippen LogP contribution in [0.3, 0.4) is 0 Å². The van der Waals surface area contributed by atoms with Gasteiger partial charge in [-0.1, -0.05) is 44.2 Å². The Morgan fingerprint density at radius 1 is 1.19 bits per heavy atom. The number of halogens is 3. The summed E-state index contributed by atoms with van der Waals surface area (Å²) in [7, 11) is 1.21. The van der Waals surface area contributed by atoms with Crippen LogP contribution in [0.4, 0.5) is 13.2 Å². The Morgan fingerprint density at radius 2 is 1.81 bits per heavy atom. The van der Waals surface area contributed by atoms with E-state index < -0.39 is 42.1 Å². The van der Waals surface area contributed by atoms with Crippen LogP contribution in [-0.2, 0) is 25.5 Å². The van der Waals surface area contributed by atoms with Crippen molar-refractivity contribution in [2.75, 3.05) is 13.7 Å². The number of alkyl halides is 3. The van der Waals surface area contributed by atoms with Crippen LogP contribution in [0.2, 0.25) is 0 Å². The third-order valence-corrected chi connectivity index (χ3v) is 5.46. The molecule has 0 aromatic heterocycles. The first kappa shape index (κ1) is 24.7. The average molecular weight is 442 g/mol. The molecule has 1 aromatic rings. The number of esters is 1. The van der Waals surface area contributed by atoms with Crippen molar-refractivity contribution >= 4 is 17.8 Å². The predicted molar refractivity (Wildman–Crippen MR) is 108 cm³/mol. The number of amides is 2. The number of benzene rings is 1. The van der Waals surface area contributed by atoms with Crippen LogP contribution in [0.25, 0.3) is 0 Å². The molecule has 2 rings (SSSR count). The van der Waals surface area contributed by atoms with Crippen LogP contribution in [0.5, 0.6) is 0 Å². The maximum absolute atomic E-state index is 13.5. The summed E-state index contributed by atoms with van der Waals surface area (Å²) in [5.41, 5.74) is 0.619. The Bertz CT molecular complexity index is 783. The minimum Gasteiger partial charge on any atom is -0.467 e. The normalized spacial score (nSPS) is 21.1. The topological polar surface area (TPSA) is 66.9 Å². The average Bonchev–Trinajstić information content (AvgIpc) is 2.82. The molecule has 1 fully saturated rings. The summed E-state index contributed by atoms with van der Waals surface area (Å²) in [5.74, 6) is -3.31. The van der Waals surface area contributed by atoms with E-state index in [4.69, 9.17) is 4.74 Å². The first-order valence-corrected chi connectivity index (χ1v) is 10.3. The van der Waals surface area contributed by atoms with Gasteiger partial charge in [0.1, 0.15) is 12.1 Å². The van der Waals surface area contributed by atoms with Gasteiger partial charge in [0.25, 0.3) is 0 Å². The first-order valence-electron chi connectivity index (χ1n) is 10.3. The third-order valence-electron chi connectivity index (χ3n) is 5.46. The van der Waals surface area contributed by atoms with Gasteiger partial charge in [0.05, 0.1) is 7.11 Å². The van der Waals surface area contributed by atoms with Gasteiger partial charge in [0.2, 0.25) is 5.91 Å². The lowest BCUT2D eigenvalue weighted by molar-refractivity contribution is -0.191. The van der Waals surface area contributed by atoms with E-state index >= 15 is 0 Å². The van der Waals surface area contributed by atoms with Gasteiger partial charge in [-0.15, -0.1) is 0 Å². The van der Waals surface area contributed by atoms with Crippen LogP contribution in [0, 0.1) is 5.92 Å². The van der Waals surface area contributed by atoms with E-state index in [1.807, 2.05) is 13.8 Å². The van der Waals surface area contributed by atoms with E-state index in [1.54, 1.807) is 30.3 Å². The molecule has 31 heavy (non-hydrogen) atoms. The van der Waals surface area contributed by atoms with Crippen molar-refractivity contribution in [2.45, 2.75) is 64.3 Å². The number of carbonyl (C=O) groups excluding carboxylic acids is 3. The van der Waals surface area contributed by atoms with Crippen LogP contribution in [0.1, 0.15) is 39.2 Å². The zero-order chi connectivity index (χ0) is 23.3. The lowest BCUT2D eigenvalue weighted by Gasteiger charge is -2.36. The smallest absolute Gasteiger partial charge is 0.467 e. The lowest BCUT2D eigenvalue weighted by Crippen LogP contribution is -2.57. The summed E-state index contributed by atoms with van der Waals surface area (Å²) in [6, 6.07) is 5.41. The number of methoxy groups -OCH3 is 1. The number of carbonyl (C=O) groups is 3. The van der Waals surface area contributed by atoms with E-state index in [0.29, 0.717) is 16.9 Å². The van der Waals surface area contributed by atoms with E-state index in [1.165, 1.54) is 18.9 Å². The molecule has 1 aliphatic heterocycles. The molecule has 3 atom stereocenters. The summed E-state index contributed by atoms with van der Waals surface area (Å²) < 4.78 is 45.1. The van der Waals surface area contributed by atoms with Gasteiger partial charge < -0.3 is 14.5 Å². The van der Waals surface area contributed by atoms with Gasteiger partial charge in [-0.25, -0.2) is 4.79 Å². The molecule has 172 valence electrons. The van der Waals surface area contributed by atoms with Crippen molar-refractivity contribution in [1.29, 1.82) is 0 Å². The van der Waals surface area contributed by atoms with Gasteiger partial charge in [-0.2, -0.15) is 13.2 Å². The molecule has 2 amide bonds. The monoisotopic (exact) mass is 442 g/mol. The number of rotatable bonds is 6. The van der Waals surface area contributed by atoms with E-state index in [-0.39, 0.29) is 25.3 Å². The van der Waals surface area contributed by atoms with E-state index in [2.05, 4.69) is 0 Å². The standard InChI is InChI=1S/C22H29F3N2O4/c1-14(2)12-18(20(29)31-4)26-11-10-15(3)27(21(30)22(23,24)25)17(19(26)28)13-16-8-6-5-7-9-16/h5-9,14-15,17-18H,10-13H2,1-4H3/t15?,17-,18-/m0/s1. The van der Waals surface area contributed by atoms with E-state index in [9.17, 15) is 27.6 Å². The Hall–Kier alpha value is -2.58. The Kier molecular flexibility index (Phi) is 8.08. The molecule has 0 bridgehead atoms. The van der Waals surface area contributed by atoms with Crippen molar-refractivity contribution in [3.8, 4) is 0 Å². The molecule has 1 aliphatic rings. The Morgan fingerprint density at radius 3 is 2.32 bits per heavy atom. The molecular formula is C22H29F3N2O4. The first-order chi connectivity index (χ1) is 14.5. The molecule has 0 spiro atoms. The van der Waals surface area contributed by atoms with Crippen molar-refractivity contribution in [3.63, 3.8) is 0 Å². The Balaban J connectivity index is 2.51. The second-order valence-electron chi connectivity index (χ2n) is 8.25. The predicted octanol–water partition coefficient (Wildman–Crippen LogP) is 3.20. The summed E-state index contributed by atoms with van der Waals surface area (Å²) in [5, 5.41) is 0. The van der Waals surface area contributed by atoms with Gasteiger partial charge >= 0.3 is 18.1 Å². The van der Waals surface area contributed by atoms with Gasteiger partial charge in [-0.3, -0.25) is 9.59 Å². The highest BCUT2D eigenvalue weighted by Gasteiger charge is 2.50. The molecule has 1 aromatic carbocycles. The summed E-state index contributed by atoms with van der Waals surface area (Å²) >= 11 is 0. The minimum absolute atomic E-state index is 0.0399. The highest BCUT2D eigenvalue weighted by atomic mass is 19.4. The fourth-order valence-corrected chi connectivity index (χ4v) is 3.95. The summed E-state index contributed by atoms with van der Waals surface area (Å²) in [6.07, 6.45) is -4.78. The summed E-state index contributed by atoms with van der Waals surface area (Å²) in [6.45, 7) is 5.30. The molecule has 1 saturated heterocycles. The minimum atomic E-state index is -5.11. The fraction of sp³-hybridized carbons (Fsp3) is 0.591. The molecule has 0 saturated carbocycles. The maximum Gasteiger partial charge on any atom is 0.471 e. The number of hydrogen-bond donors (Lipinski definition) is 0. The highest BCUT2D eigenvalue weighted by Crippen LogP contribution is 2.29. The SMILES string of the molecule is COC(=O)[C@H](CC(C)C)N1CCC(C)N(C(=O)C(F)(F)F)[C@@H](Cc2ccccc2)C1=O. The molecule has 1 unspecified atom stereocenters. The van der Waals surface area contributed by atoms with Gasteiger partial charge in [0, 0.05) is 19.0 Å². The molecule has 6 nitrogen and oxygen atoms in total. The van der Waals surface area contributed by atoms with Gasteiger partial charge in [0.15, 0.2) is 0 Å². The maximum atomic E-state index is 13.5. The molecule has 9 heteroatoms. The van der Waals surface area contributed by atoms with Crippen molar-refractivity contribution in [2.24, 2.45) is 5.92 Å². The second kappa shape index (κ2) is 10.2. The van der Waals surface area contributed by atoms with Crippen LogP contribution in [-0.4, -0.2) is 65.5 Å². The van der Waals surface area contributed by atoms with Crippen LogP contribution >= 0.6 is 0 Å².